The summed E-state index contributed by atoms with van der Waals surface area (Å²) < 4.78 is 31.6. The van der Waals surface area contributed by atoms with Crippen LogP contribution in [-0.2, 0) is 21.4 Å². The lowest BCUT2D eigenvalue weighted by atomic mass is 10.1. The maximum atomic E-state index is 12.9. The van der Waals surface area contributed by atoms with Crippen LogP contribution in [-0.4, -0.2) is 33.7 Å². The van der Waals surface area contributed by atoms with Gasteiger partial charge in [-0.05, 0) is 42.7 Å². The van der Waals surface area contributed by atoms with Gasteiger partial charge in [-0.1, -0.05) is 42.8 Å². The second-order valence-electron chi connectivity index (χ2n) is 6.44. The smallest absolute Gasteiger partial charge is 0.244 e. The van der Waals surface area contributed by atoms with Crippen LogP contribution in [0.25, 0.3) is 0 Å². The molecule has 1 atom stereocenters. The van der Waals surface area contributed by atoms with Gasteiger partial charge in [-0.25, -0.2) is 8.42 Å². The monoisotopic (exact) mass is 424 g/mol. The minimum atomic E-state index is -3.78. The van der Waals surface area contributed by atoms with Crippen LogP contribution in [0.15, 0.2) is 42.5 Å². The van der Waals surface area contributed by atoms with Gasteiger partial charge in [0.15, 0.2) is 0 Å². The van der Waals surface area contributed by atoms with Crippen molar-refractivity contribution in [3.8, 4) is 5.75 Å². The minimum absolute atomic E-state index is 0.232. The Morgan fingerprint density at radius 2 is 1.93 bits per heavy atom. The summed E-state index contributed by atoms with van der Waals surface area (Å²) in [6.45, 7) is 4.03. The van der Waals surface area contributed by atoms with Crippen LogP contribution in [0.3, 0.4) is 0 Å². The molecule has 0 heterocycles. The lowest BCUT2D eigenvalue weighted by Gasteiger charge is -2.31. The molecule has 0 aliphatic carbocycles. The topological polar surface area (TPSA) is 75.7 Å². The Bertz CT molecular complexity index is 947. The normalized spacial score (nSPS) is 12.3. The third kappa shape index (κ3) is 5.17. The van der Waals surface area contributed by atoms with Gasteiger partial charge >= 0.3 is 0 Å². The fraction of sp³-hybridized carbons (Fsp3) is 0.350. The first-order valence-electron chi connectivity index (χ1n) is 8.84. The van der Waals surface area contributed by atoms with Crippen molar-refractivity contribution in [2.45, 2.75) is 32.9 Å². The second-order valence-corrected chi connectivity index (χ2v) is 8.74. The number of carbonyl (C=O) groups is 1. The summed E-state index contributed by atoms with van der Waals surface area (Å²) in [4.78, 5) is 12.9. The van der Waals surface area contributed by atoms with Crippen LogP contribution >= 0.6 is 11.6 Å². The Hall–Kier alpha value is -2.25. The number of sulfonamides is 1. The van der Waals surface area contributed by atoms with Crippen LogP contribution in [0.1, 0.15) is 24.5 Å². The van der Waals surface area contributed by atoms with E-state index in [0.717, 1.165) is 21.7 Å². The molecule has 0 bridgehead atoms. The molecular formula is C20H25ClN2O4S. The zero-order chi connectivity index (χ0) is 20.9. The van der Waals surface area contributed by atoms with Gasteiger partial charge in [0.2, 0.25) is 15.9 Å². The van der Waals surface area contributed by atoms with Crippen LogP contribution in [0.5, 0.6) is 5.75 Å². The average molecular weight is 425 g/mol. The largest absolute Gasteiger partial charge is 0.495 e. The summed E-state index contributed by atoms with van der Waals surface area (Å²) in [6, 6.07) is 11.4. The molecule has 0 aromatic heterocycles. The molecule has 6 nitrogen and oxygen atoms in total. The third-order valence-electron chi connectivity index (χ3n) is 4.42. The number of nitrogens with one attached hydrogen (secondary N) is 1. The van der Waals surface area contributed by atoms with Crippen molar-refractivity contribution in [1.29, 1.82) is 0 Å². The summed E-state index contributed by atoms with van der Waals surface area (Å²) >= 11 is 6.08. The molecule has 1 unspecified atom stereocenters. The SMILES string of the molecule is CCC(C(=O)NCc1ccccc1C)N(c1cc(Cl)ccc1OC)S(C)(=O)=O. The highest BCUT2D eigenvalue weighted by Crippen LogP contribution is 2.34. The maximum Gasteiger partial charge on any atom is 0.244 e. The summed E-state index contributed by atoms with van der Waals surface area (Å²) in [6.07, 6.45) is 1.34. The number of methoxy groups -OCH3 is 1. The maximum absolute atomic E-state index is 12.9. The zero-order valence-corrected chi connectivity index (χ0v) is 18.0. The number of nitrogens with zero attached hydrogens (tertiary/aromatic N) is 1. The highest BCUT2D eigenvalue weighted by molar-refractivity contribution is 7.92. The van der Waals surface area contributed by atoms with E-state index < -0.39 is 22.0 Å². The summed E-state index contributed by atoms with van der Waals surface area (Å²) in [5.74, 6) is -0.0711. The molecule has 2 aromatic carbocycles. The van der Waals surface area contributed by atoms with Gasteiger partial charge in [-0.2, -0.15) is 0 Å². The minimum Gasteiger partial charge on any atom is -0.495 e. The van der Waals surface area contributed by atoms with E-state index in [0.29, 0.717) is 17.3 Å². The van der Waals surface area contributed by atoms with E-state index in [1.165, 1.54) is 13.2 Å². The Morgan fingerprint density at radius 1 is 1.25 bits per heavy atom. The van der Waals surface area contributed by atoms with Crippen molar-refractivity contribution < 1.29 is 17.9 Å². The first-order valence-corrected chi connectivity index (χ1v) is 11.1. The third-order valence-corrected chi connectivity index (χ3v) is 5.82. The molecule has 28 heavy (non-hydrogen) atoms. The van der Waals surface area contributed by atoms with Gasteiger partial charge in [0, 0.05) is 11.6 Å². The lowest BCUT2D eigenvalue weighted by molar-refractivity contribution is -0.122. The number of hydrogen-bond donors (Lipinski definition) is 1. The van der Waals surface area contributed by atoms with Crippen molar-refractivity contribution in [2.24, 2.45) is 0 Å². The molecular weight excluding hydrogens is 400 g/mol. The zero-order valence-electron chi connectivity index (χ0n) is 16.4. The van der Waals surface area contributed by atoms with Crippen molar-refractivity contribution in [3.63, 3.8) is 0 Å². The van der Waals surface area contributed by atoms with Crippen molar-refractivity contribution in [2.75, 3.05) is 17.7 Å². The lowest BCUT2D eigenvalue weighted by Crippen LogP contribution is -2.49. The van der Waals surface area contributed by atoms with Crippen molar-refractivity contribution >= 4 is 33.2 Å². The molecule has 152 valence electrons. The fourth-order valence-electron chi connectivity index (χ4n) is 2.98. The number of ether oxygens (including phenoxy) is 1. The Morgan fingerprint density at radius 3 is 2.50 bits per heavy atom. The number of rotatable bonds is 8. The molecule has 0 saturated carbocycles. The Labute approximate surface area is 171 Å². The van der Waals surface area contributed by atoms with E-state index in [4.69, 9.17) is 16.3 Å². The number of benzene rings is 2. The van der Waals surface area contributed by atoms with Gasteiger partial charge in [0.05, 0.1) is 19.1 Å². The predicted molar refractivity (Wildman–Crippen MR) is 112 cm³/mol. The molecule has 2 aromatic rings. The average Bonchev–Trinajstić information content (AvgIpc) is 2.64. The van der Waals surface area contributed by atoms with E-state index >= 15 is 0 Å². The number of hydrogen-bond acceptors (Lipinski definition) is 4. The van der Waals surface area contributed by atoms with E-state index in [1.807, 2.05) is 31.2 Å². The van der Waals surface area contributed by atoms with Gasteiger partial charge in [-0.3, -0.25) is 9.10 Å². The highest BCUT2D eigenvalue weighted by Gasteiger charge is 2.33. The van der Waals surface area contributed by atoms with Crippen LogP contribution in [0.2, 0.25) is 5.02 Å². The number of amides is 1. The van der Waals surface area contributed by atoms with Crippen molar-refractivity contribution in [3.05, 3.63) is 58.6 Å². The van der Waals surface area contributed by atoms with Crippen LogP contribution in [0.4, 0.5) is 5.69 Å². The molecule has 8 heteroatoms. The summed E-state index contributed by atoms with van der Waals surface area (Å²) in [5.41, 5.74) is 2.25. The van der Waals surface area contributed by atoms with E-state index in [-0.39, 0.29) is 12.1 Å². The fourth-order valence-corrected chi connectivity index (χ4v) is 4.35. The van der Waals surface area contributed by atoms with E-state index in [2.05, 4.69) is 5.32 Å². The number of carbonyl (C=O) groups excluding carboxylic acids is 1. The first-order chi connectivity index (χ1) is 13.2. The quantitative estimate of drug-likeness (QED) is 0.703. The molecule has 1 N–H and O–H groups in total. The molecule has 0 radical (unpaired) electrons. The molecule has 1 amide bonds. The number of halogens is 1. The first kappa shape index (κ1) is 22.0. The van der Waals surface area contributed by atoms with Crippen LogP contribution < -0.4 is 14.4 Å². The molecule has 0 fully saturated rings. The van der Waals surface area contributed by atoms with Gasteiger partial charge in [0.25, 0.3) is 0 Å². The number of aryl methyl sites for hydroxylation is 1. The molecule has 0 saturated heterocycles. The molecule has 0 spiro atoms. The van der Waals surface area contributed by atoms with E-state index in [1.54, 1.807) is 19.1 Å². The number of anilines is 1. The van der Waals surface area contributed by atoms with Gasteiger partial charge in [0.1, 0.15) is 11.8 Å². The Balaban J connectivity index is 2.37. The molecule has 0 aliphatic rings. The van der Waals surface area contributed by atoms with Crippen LogP contribution in [0, 0.1) is 6.92 Å². The standard InChI is InChI=1S/C20H25ClN2O4S/c1-5-17(20(24)22-13-15-9-7-6-8-14(15)2)23(28(4,25)26)18-12-16(21)10-11-19(18)27-3/h6-12,17H,5,13H2,1-4H3,(H,22,24). The molecule has 2 rings (SSSR count). The summed E-state index contributed by atoms with van der Waals surface area (Å²) in [5, 5.41) is 3.19. The van der Waals surface area contributed by atoms with E-state index in [9.17, 15) is 13.2 Å². The van der Waals surface area contributed by atoms with Crippen molar-refractivity contribution in [1.82, 2.24) is 5.32 Å². The Kier molecular flexibility index (Phi) is 7.32. The second kappa shape index (κ2) is 9.30. The van der Waals surface area contributed by atoms with Gasteiger partial charge in [-0.15, -0.1) is 0 Å². The predicted octanol–water partition coefficient (Wildman–Crippen LogP) is 3.52. The van der Waals surface area contributed by atoms with Gasteiger partial charge < -0.3 is 10.1 Å². The molecule has 0 aliphatic heterocycles. The summed E-state index contributed by atoms with van der Waals surface area (Å²) in [7, 11) is -2.34. The highest BCUT2D eigenvalue weighted by atomic mass is 35.5.